The van der Waals surface area contributed by atoms with E-state index in [2.05, 4.69) is 9.88 Å². The third-order valence-corrected chi connectivity index (χ3v) is 3.60. The summed E-state index contributed by atoms with van der Waals surface area (Å²) in [6.45, 7) is 3.42. The second-order valence-corrected chi connectivity index (χ2v) is 6.33. The van der Waals surface area contributed by atoms with Crippen molar-refractivity contribution in [3.63, 3.8) is 0 Å². The molecule has 1 aromatic rings. The third-order valence-electron chi connectivity index (χ3n) is 3.60. The molecule has 0 bridgehead atoms. The van der Waals surface area contributed by atoms with E-state index >= 15 is 0 Å². The molecule has 2 heterocycles. The molecule has 1 unspecified atom stereocenters. The minimum Gasteiger partial charge on any atom is -0.478 e. The molecule has 1 aliphatic heterocycles. The summed E-state index contributed by atoms with van der Waals surface area (Å²) in [5, 5.41) is 15.6. The van der Waals surface area contributed by atoms with Gasteiger partial charge in [-0.15, -0.1) is 0 Å². The molecule has 0 spiro atoms. The first kappa shape index (κ1) is 22.1. The van der Waals surface area contributed by atoms with Crippen LogP contribution in [0.2, 0.25) is 0 Å². The Kier molecular flexibility index (Phi) is 8.40. The Morgan fingerprint density at radius 2 is 1.89 bits per heavy atom. The number of aliphatic carboxylic acids is 2. The number of hydrogen-bond acceptors (Lipinski definition) is 6. The Morgan fingerprint density at radius 1 is 1.30 bits per heavy atom. The van der Waals surface area contributed by atoms with Gasteiger partial charge in [-0.1, -0.05) is 0 Å². The van der Waals surface area contributed by atoms with Gasteiger partial charge in [0.05, 0.1) is 6.54 Å². The topological polar surface area (TPSA) is 120 Å². The highest BCUT2D eigenvalue weighted by molar-refractivity contribution is 5.96. The number of nitrogens with zero attached hydrogens (tertiary/aromatic N) is 3. The molecule has 9 nitrogen and oxygen atoms in total. The highest BCUT2D eigenvalue weighted by Gasteiger charge is 2.27. The van der Waals surface area contributed by atoms with E-state index in [1.54, 1.807) is 11.0 Å². The fraction of sp³-hybridized carbons (Fsp3) is 0.444. The van der Waals surface area contributed by atoms with E-state index in [0.717, 1.165) is 18.7 Å². The summed E-state index contributed by atoms with van der Waals surface area (Å²) in [6, 6.07) is 3.64. The highest BCUT2D eigenvalue weighted by Crippen LogP contribution is 2.23. The number of rotatable bonds is 5. The number of amides is 1. The number of carbonyl (C=O) groups is 3. The molecule has 0 fully saturated rings. The minimum absolute atomic E-state index is 0.00750. The zero-order valence-corrected chi connectivity index (χ0v) is 15.9. The van der Waals surface area contributed by atoms with Crippen LogP contribution in [-0.4, -0.2) is 83.2 Å². The number of fused-ring (bicyclic) bond motifs is 1. The normalized spacial score (nSPS) is 16.3. The number of carbonyl (C=O) groups excluding carboxylic acids is 1. The monoisotopic (exact) mass is 379 g/mol. The smallest absolute Gasteiger partial charge is 0.328 e. The zero-order valence-electron chi connectivity index (χ0n) is 15.9. The molecule has 0 saturated heterocycles. The van der Waals surface area contributed by atoms with E-state index in [0.29, 0.717) is 30.1 Å². The Balaban J connectivity index is 0.000000387. The van der Waals surface area contributed by atoms with Gasteiger partial charge in [0.2, 0.25) is 5.88 Å². The van der Waals surface area contributed by atoms with Crippen LogP contribution in [0.15, 0.2) is 24.3 Å². The minimum atomic E-state index is -1.26. The molecular formula is C18H25N3O6. The van der Waals surface area contributed by atoms with Crippen LogP contribution in [0.5, 0.6) is 5.88 Å². The Labute approximate surface area is 157 Å². The summed E-state index contributed by atoms with van der Waals surface area (Å²) in [4.78, 5) is 39.5. The molecule has 1 amide bonds. The van der Waals surface area contributed by atoms with Crippen LogP contribution in [0.1, 0.15) is 22.5 Å². The Bertz CT molecular complexity index is 701. The number of carboxylic acids is 2. The lowest BCUT2D eigenvalue weighted by atomic mass is 10.2. The van der Waals surface area contributed by atoms with Gasteiger partial charge >= 0.3 is 11.9 Å². The lowest BCUT2D eigenvalue weighted by molar-refractivity contribution is -0.134. The third kappa shape index (κ3) is 7.87. The van der Waals surface area contributed by atoms with E-state index in [-0.39, 0.29) is 12.0 Å². The SMILES string of the molecule is Cc1ccc2c(n1)OC(CCN(C)C)CN(C)C2=O.O=C(O)C=CC(=O)O. The molecule has 0 aromatic carbocycles. The first-order valence-corrected chi connectivity index (χ1v) is 8.28. The number of hydrogen-bond donors (Lipinski definition) is 2. The molecule has 1 aromatic heterocycles. The van der Waals surface area contributed by atoms with Gasteiger partial charge in [0.1, 0.15) is 11.7 Å². The van der Waals surface area contributed by atoms with Gasteiger partial charge in [0.15, 0.2) is 0 Å². The summed E-state index contributed by atoms with van der Waals surface area (Å²) >= 11 is 0. The largest absolute Gasteiger partial charge is 0.478 e. The number of carboxylic acid groups (broad SMARTS) is 2. The van der Waals surface area contributed by atoms with Crippen molar-refractivity contribution in [1.29, 1.82) is 0 Å². The van der Waals surface area contributed by atoms with Gasteiger partial charge in [-0.05, 0) is 39.6 Å². The van der Waals surface area contributed by atoms with Crippen LogP contribution in [0, 0.1) is 6.92 Å². The number of ether oxygens (including phenoxy) is 1. The van der Waals surface area contributed by atoms with Crippen molar-refractivity contribution >= 4 is 17.8 Å². The van der Waals surface area contributed by atoms with Crippen molar-refractivity contribution in [3.8, 4) is 5.88 Å². The fourth-order valence-electron chi connectivity index (χ4n) is 2.27. The number of pyridine rings is 1. The van der Waals surface area contributed by atoms with Gasteiger partial charge in [-0.3, -0.25) is 4.79 Å². The lowest BCUT2D eigenvalue weighted by Crippen LogP contribution is -2.35. The summed E-state index contributed by atoms with van der Waals surface area (Å²) in [5.41, 5.74) is 1.42. The second-order valence-electron chi connectivity index (χ2n) is 6.33. The average Bonchev–Trinajstić information content (AvgIpc) is 2.68. The summed E-state index contributed by atoms with van der Waals surface area (Å²) in [6.07, 6.45) is 1.98. The first-order chi connectivity index (χ1) is 12.6. The standard InChI is InChI=1S/C14H21N3O2.C4H4O4/c1-10-5-6-12-13(15-10)19-11(7-8-16(2)3)9-17(4)14(12)18;5-3(6)1-2-4(7)8/h5-6,11H,7-9H2,1-4H3;1-2H,(H,5,6)(H,7,8). The molecule has 1 aliphatic rings. The van der Waals surface area contributed by atoms with Gasteiger partial charge in [0, 0.05) is 31.4 Å². The maximum atomic E-state index is 12.2. The van der Waals surface area contributed by atoms with Crippen LogP contribution in [0.4, 0.5) is 0 Å². The molecule has 9 heteroatoms. The van der Waals surface area contributed by atoms with E-state index in [4.69, 9.17) is 14.9 Å². The van der Waals surface area contributed by atoms with Crippen molar-refractivity contribution in [3.05, 3.63) is 35.5 Å². The van der Waals surface area contributed by atoms with Gasteiger partial charge in [-0.2, -0.15) is 0 Å². The number of aromatic nitrogens is 1. The zero-order chi connectivity index (χ0) is 20.6. The predicted octanol–water partition coefficient (Wildman–Crippen LogP) is 0.887. The van der Waals surface area contributed by atoms with Crippen LogP contribution in [0.3, 0.4) is 0 Å². The average molecular weight is 379 g/mol. The van der Waals surface area contributed by atoms with Crippen molar-refractivity contribution in [2.45, 2.75) is 19.4 Å². The van der Waals surface area contributed by atoms with Crippen molar-refractivity contribution in [1.82, 2.24) is 14.8 Å². The van der Waals surface area contributed by atoms with Crippen LogP contribution in [-0.2, 0) is 9.59 Å². The molecule has 27 heavy (non-hydrogen) atoms. The quantitative estimate of drug-likeness (QED) is 0.724. The van der Waals surface area contributed by atoms with E-state index < -0.39 is 11.9 Å². The molecule has 1 atom stereocenters. The molecule has 148 valence electrons. The van der Waals surface area contributed by atoms with Crippen molar-refractivity contribution in [2.24, 2.45) is 0 Å². The number of aryl methyl sites for hydroxylation is 1. The molecule has 0 radical (unpaired) electrons. The second kappa shape index (κ2) is 10.3. The van der Waals surface area contributed by atoms with Crippen LogP contribution in [0.25, 0.3) is 0 Å². The predicted molar refractivity (Wildman–Crippen MR) is 97.9 cm³/mol. The molecule has 0 aliphatic carbocycles. The summed E-state index contributed by atoms with van der Waals surface area (Å²) < 4.78 is 5.93. The van der Waals surface area contributed by atoms with E-state index in [1.807, 2.05) is 34.1 Å². The Morgan fingerprint density at radius 3 is 2.41 bits per heavy atom. The summed E-state index contributed by atoms with van der Waals surface area (Å²) in [5.74, 6) is -2.06. The van der Waals surface area contributed by atoms with Crippen LogP contribution >= 0.6 is 0 Å². The molecule has 2 N–H and O–H groups in total. The molecular weight excluding hydrogens is 354 g/mol. The maximum absolute atomic E-state index is 12.2. The lowest BCUT2D eigenvalue weighted by Gasteiger charge is -2.21. The number of likely N-dealkylation sites (N-methyl/N-ethyl adjacent to an activating group) is 1. The van der Waals surface area contributed by atoms with Crippen LogP contribution < -0.4 is 4.74 Å². The highest BCUT2D eigenvalue weighted by atomic mass is 16.5. The maximum Gasteiger partial charge on any atom is 0.328 e. The summed E-state index contributed by atoms with van der Waals surface area (Å²) in [7, 11) is 5.87. The van der Waals surface area contributed by atoms with Crippen molar-refractivity contribution < 1.29 is 29.3 Å². The Hall–Kier alpha value is -2.94. The van der Waals surface area contributed by atoms with E-state index in [1.165, 1.54) is 0 Å². The van der Waals surface area contributed by atoms with Gasteiger partial charge < -0.3 is 24.7 Å². The first-order valence-electron chi connectivity index (χ1n) is 8.28. The van der Waals surface area contributed by atoms with Gasteiger partial charge in [0.25, 0.3) is 5.91 Å². The van der Waals surface area contributed by atoms with Gasteiger partial charge in [-0.25, -0.2) is 14.6 Å². The van der Waals surface area contributed by atoms with Crippen molar-refractivity contribution in [2.75, 3.05) is 34.2 Å². The molecule has 0 saturated carbocycles. The van der Waals surface area contributed by atoms with E-state index in [9.17, 15) is 14.4 Å². The fourth-order valence-corrected chi connectivity index (χ4v) is 2.27. The molecule has 2 rings (SSSR count).